The Bertz CT molecular complexity index is 1790. The smallest absolute Gasteiger partial charge is 0.255 e. The van der Waals surface area contributed by atoms with Gasteiger partial charge in [0.15, 0.2) is 0 Å². The monoisotopic (exact) mass is 651 g/mol. The highest BCUT2D eigenvalue weighted by molar-refractivity contribution is 9.10. The van der Waals surface area contributed by atoms with Gasteiger partial charge in [-0.25, -0.2) is 4.68 Å². The summed E-state index contributed by atoms with van der Waals surface area (Å²) in [6.45, 7) is 4.36. The number of thioether (sulfide) groups is 1. The van der Waals surface area contributed by atoms with E-state index in [0.717, 1.165) is 44.0 Å². The zero-order valence-corrected chi connectivity index (χ0v) is 26.2. The molecule has 4 aromatic carbocycles. The Balaban J connectivity index is 1.29. The first-order valence-electron chi connectivity index (χ1n) is 13.9. The highest BCUT2D eigenvalue weighted by Gasteiger charge is 2.34. The highest BCUT2D eigenvalue weighted by atomic mass is 79.9. The third-order valence-corrected chi connectivity index (χ3v) is 8.46. The van der Waals surface area contributed by atoms with Crippen molar-refractivity contribution in [1.29, 1.82) is 0 Å². The van der Waals surface area contributed by atoms with Crippen molar-refractivity contribution in [2.24, 2.45) is 0 Å². The molecule has 1 aliphatic rings. The molecule has 1 atom stereocenters. The molecular formula is C34H30BrN5O2S. The maximum atomic E-state index is 13.8. The maximum Gasteiger partial charge on any atom is 0.255 e. The van der Waals surface area contributed by atoms with Crippen LogP contribution in [0, 0.1) is 6.92 Å². The van der Waals surface area contributed by atoms with Crippen molar-refractivity contribution in [3.05, 3.63) is 141 Å². The Morgan fingerprint density at radius 2 is 1.72 bits per heavy atom. The molecule has 0 radical (unpaired) electrons. The van der Waals surface area contributed by atoms with Crippen LogP contribution >= 0.6 is 27.7 Å². The summed E-state index contributed by atoms with van der Waals surface area (Å²) in [5, 5.41) is 11.9. The molecule has 1 amide bonds. The van der Waals surface area contributed by atoms with E-state index in [1.807, 2.05) is 110 Å². The van der Waals surface area contributed by atoms with Gasteiger partial charge in [0.1, 0.15) is 18.4 Å². The molecule has 0 spiro atoms. The van der Waals surface area contributed by atoms with Crippen molar-refractivity contribution in [3.63, 3.8) is 0 Å². The summed E-state index contributed by atoms with van der Waals surface area (Å²) in [6, 6.07) is 33.4. The number of anilines is 2. The molecule has 43 heavy (non-hydrogen) atoms. The fourth-order valence-electron chi connectivity index (χ4n) is 4.98. The molecule has 0 aliphatic carbocycles. The molecule has 1 aliphatic heterocycles. The minimum Gasteiger partial charge on any atom is -0.489 e. The minimum absolute atomic E-state index is 0.199. The summed E-state index contributed by atoms with van der Waals surface area (Å²) < 4.78 is 8.88. The molecule has 0 saturated carbocycles. The maximum absolute atomic E-state index is 13.8. The van der Waals surface area contributed by atoms with Crippen LogP contribution in [-0.2, 0) is 17.2 Å². The van der Waals surface area contributed by atoms with E-state index >= 15 is 0 Å². The van der Waals surface area contributed by atoms with E-state index < -0.39 is 6.04 Å². The van der Waals surface area contributed by atoms with E-state index in [2.05, 4.69) is 38.7 Å². The van der Waals surface area contributed by atoms with Gasteiger partial charge in [0.2, 0.25) is 11.1 Å². The molecule has 2 N–H and O–H groups in total. The van der Waals surface area contributed by atoms with Crippen LogP contribution in [0.15, 0.2) is 124 Å². The average molecular weight is 653 g/mol. The van der Waals surface area contributed by atoms with E-state index in [9.17, 15) is 4.79 Å². The van der Waals surface area contributed by atoms with E-state index in [1.54, 1.807) is 11.8 Å². The summed E-state index contributed by atoms with van der Waals surface area (Å²) >= 11 is 5.07. The lowest BCUT2D eigenvalue weighted by atomic mass is 9.95. The Morgan fingerprint density at radius 1 is 0.953 bits per heavy atom. The number of carbonyl (C=O) groups is 1. The lowest BCUT2D eigenvalue weighted by molar-refractivity contribution is -0.113. The van der Waals surface area contributed by atoms with Crippen LogP contribution in [0.1, 0.15) is 35.2 Å². The molecule has 9 heteroatoms. The predicted octanol–water partition coefficient (Wildman–Crippen LogP) is 8.15. The third kappa shape index (κ3) is 6.84. The number of aromatic nitrogens is 3. The number of rotatable bonds is 9. The first-order chi connectivity index (χ1) is 20.9. The van der Waals surface area contributed by atoms with Gasteiger partial charge in [-0.1, -0.05) is 94.4 Å². The van der Waals surface area contributed by atoms with E-state index in [4.69, 9.17) is 14.8 Å². The fourth-order valence-corrected chi connectivity index (χ4v) is 6.21. The lowest BCUT2D eigenvalue weighted by Gasteiger charge is -2.28. The van der Waals surface area contributed by atoms with Crippen LogP contribution < -0.4 is 15.4 Å². The molecule has 7 nitrogen and oxygen atoms in total. The number of fused-ring (bicyclic) bond motifs is 1. The Morgan fingerprint density at radius 3 is 2.49 bits per heavy atom. The number of benzene rings is 4. The van der Waals surface area contributed by atoms with Gasteiger partial charge in [0.05, 0.1) is 5.57 Å². The van der Waals surface area contributed by atoms with Gasteiger partial charge >= 0.3 is 0 Å². The molecule has 1 aromatic heterocycles. The van der Waals surface area contributed by atoms with E-state index in [0.29, 0.717) is 23.3 Å². The number of nitrogens with zero attached hydrogens (tertiary/aromatic N) is 3. The Labute approximate surface area is 263 Å². The number of aryl methyl sites for hydroxylation is 1. The van der Waals surface area contributed by atoms with Crippen LogP contribution in [0.25, 0.3) is 0 Å². The second kappa shape index (κ2) is 12.9. The SMILES string of the molecule is CC1=C(C(=O)Nc2cccc(C)c2)C(c2ccc(OCc3cccc(Br)c3)cc2)n2nc(SCc3ccccc3)nc2N1. The number of ether oxygens (including phenoxy) is 1. The molecule has 5 aromatic rings. The van der Waals surface area contributed by atoms with Crippen molar-refractivity contribution in [2.45, 2.75) is 37.4 Å². The van der Waals surface area contributed by atoms with Gasteiger partial charge in [-0.3, -0.25) is 4.79 Å². The van der Waals surface area contributed by atoms with Crippen LogP contribution in [0.3, 0.4) is 0 Å². The number of halogens is 1. The first-order valence-corrected chi connectivity index (χ1v) is 15.7. The van der Waals surface area contributed by atoms with E-state index in [-0.39, 0.29) is 5.91 Å². The second-order valence-electron chi connectivity index (χ2n) is 10.3. The third-order valence-electron chi connectivity index (χ3n) is 7.05. The van der Waals surface area contributed by atoms with Crippen molar-refractivity contribution >= 4 is 45.2 Å². The van der Waals surface area contributed by atoms with Crippen LogP contribution in [-0.4, -0.2) is 20.7 Å². The molecule has 0 bridgehead atoms. The summed E-state index contributed by atoms with van der Waals surface area (Å²) in [6.07, 6.45) is 0. The van der Waals surface area contributed by atoms with Crippen molar-refractivity contribution in [1.82, 2.24) is 14.8 Å². The average Bonchev–Trinajstić information content (AvgIpc) is 3.41. The molecular weight excluding hydrogens is 622 g/mol. The number of amides is 1. The summed E-state index contributed by atoms with van der Waals surface area (Å²) in [5.41, 5.74) is 6.26. The predicted molar refractivity (Wildman–Crippen MR) is 175 cm³/mol. The number of hydrogen-bond acceptors (Lipinski definition) is 6. The van der Waals surface area contributed by atoms with Crippen LogP contribution in [0.4, 0.5) is 11.6 Å². The van der Waals surface area contributed by atoms with Crippen molar-refractivity contribution in [3.8, 4) is 5.75 Å². The number of hydrogen-bond donors (Lipinski definition) is 2. The topological polar surface area (TPSA) is 81.1 Å². The number of nitrogens with one attached hydrogen (secondary N) is 2. The normalized spacial score (nSPS) is 14.2. The molecule has 1 unspecified atom stereocenters. The molecule has 216 valence electrons. The van der Waals surface area contributed by atoms with E-state index in [1.165, 1.54) is 5.56 Å². The zero-order valence-electron chi connectivity index (χ0n) is 23.8. The standard InChI is InChI=1S/C34H30BrN5O2S/c1-22-8-6-13-28(18-22)37-32(41)30-23(2)36-33-38-34(43-21-24-9-4-3-5-10-24)39-40(33)31(30)26-14-16-29(17-15-26)42-20-25-11-7-12-27(35)19-25/h3-19,31H,20-21H2,1-2H3,(H,37,41)(H,36,38,39). The quantitative estimate of drug-likeness (QED) is 0.157. The lowest BCUT2D eigenvalue weighted by Crippen LogP contribution is -2.31. The minimum atomic E-state index is -0.487. The van der Waals surface area contributed by atoms with Gasteiger partial charge < -0.3 is 15.4 Å². The number of allylic oxidation sites excluding steroid dienone is 1. The second-order valence-corrected chi connectivity index (χ2v) is 12.2. The van der Waals surface area contributed by atoms with Gasteiger partial charge in [-0.15, -0.1) is 5.10 Å². The first kappa shape index (κ1) is 28.8. The number of carbonyl (C=O) groups excluding carboxylic acids is 1. The van der Waals surface area contributed by atoms with Crippen LogP contribution in [0.2, 0.25) is 0 Å². The van der Waals surface area contributed by atoms with Crippen molar-refractivity contribution in [2.75, 3.05) is 10.6 Å². The highest BCUT2D eigenvalue weighted by Crippen LogP contribution is 2.37. The van der Waals surface area contributed by atoms with Gasteiger partial charge in [0.25, 0.3) is 5.91 Å². The van der Waals surface area contributed by atoms with Gasteiger partial charge in [0, 0.05) is 21.6 Å². The summed E-state index contributed by atoms with van der Waals surface area (Å²) in [5.74, 6) is 1.88. The summed E-state index contributed by atoms with van der Waals surface area (Å²) in [7, 11) is 0. The van der Waals surface area contributed by atoms with Gasteiger partial charge in [-0.2, -0.15) is 4.98 Å². The molecule has 6 rings (SSSR count). The van der Waals surface area contributed by atoms with Crippen molar-refractivity contribution < 1.29 is 9.53 Å². The molecule has 0 saturated heterocycles. The van der Waals surface area contributed by atoms with Crippen LogP contribution in [0.5, 0.6) is 5.75 Å². The molecule has 2 heterocycles. The Kier molecular flexibility index (Phi) is 8.62. The molecule has 0 fully saturated rings. The largest absolute Gasteiger partial charge is 0.489 e. The zero-order chi connectivity index (χ0) is 29.8. The van der Waals surface area contributed by atoms with Gasteiger partial charge in [-0.05, 0) is 72.5 Å². The Hall–Kier alpha value is -4.34. The summed E-state index contributed by atoms with van der Waals surface area (Å²) in [4.78, 5) is 18.6. The fraction of sp³-hybridized carbons (Fsp3) is 0.147.